The van der Waals surface area contributed by atoms with E-state index in [9.17, 15) is 0 Å². The van der Waals surface area contributed by atoms with Gasteiger partial charge in [0.1, 0.15) is 11.3 Å². The monoisotopic (exact) mass is 159 g/mol. The molecule has 60 valence electrons. The van der Waals surface area contributed by atoms with Crippen LogP contribution in [0.2, 0.25) is 0 Å². The second kappa shape index (κ2) is 2.52. The number of pyridine rings is 1. The van der Waals surface area contributed by atoms with Crippen molar-refractivity contribution >= 4 is 11.0 Å². The summed E-state index contributed by atoms with van der Waals surface area (Å²) < 4.78 is 0. The predicted molar refractivity (Wildman–Crippen MR) is 46.8 cm³/mol. The van der Waals surface area contributed by atoms with Crippen LogP contribution in [0.5, 0.6) is 0 Å². The van der Waals surface area contributed by atoms with E-state index in [4.69, 9.17) is 0 Å². The van der Waals surface area contributed by atoms with Gasteiger partial charge in [-0.15, -0.1) is 0 Å². The molecule has 0 saturated heterocycles. The van der Waals surface area contributed by atoms with E-state index in [1.165, 1.54) is 0 Å². The van der Waals surface area contributed by atoms with E-state index in [2.05, 4.69) is 15.0 Å². The van der Waals surface area contributed by atoms with Gasteiger partial charge in [0.05, 0.1) is 11.7 Å². The van der Waals surface area contributed by atoms with Gasteiger partial charge in [0.25, 0.3) is 0 Å². The minimum absolute atomic E-state index is 0.790. The summed E-state index contributed by atoms with van der Waals surface area (Å²) in [6.45, 7) is 3.91. The van der Waals surface area contributed by atoms with Gasteiger partial charge in [-0.2, -0.15) is 0 Å². The van der Waals surface area contributed by atoms with Crippen molar-refractivity contribution in [2.45, 2.75) is 13.8 Å². The van der Waals surface area contributed by atoms with Crippen LogP contribution >= 0.6 is 0 Å². The van der Waals surface area contributed by atoms with Crippen molar-refractivity contribution in [2.75, 3.05) is 0 Å². The molecule has 3 nitrogen and oxygen atoms in total. The summed E-state index contributed by atoms with van der Waals surface area (Å²) in [5, 5.41) is 0. The van der Waals surface area contributed by atoms with Gasteiger partial charge < -0.3 is 0 Å². The third-order valence-corrected chi connectivity index (χ3v) is 1.80. The van der Waals surface area contributed by atoms with Crippen LogP contribution in [0.4, 0.5) is 0 Å². The lowest BCUT2D eigenvalue weighted by Gasteiger charge is -1.99. The lowest BCUT2D eigenvalue weighted by atomic mass is 10.2. The normalized spacial score (nSPS) is 10.5. The van der Waals surface area contributed by atoms with Gasteiger partial charge in [0.2, 0.25) is 0 Å². The molecule has 0 amide bonds. The van der Waals surface area contributed by atoms with Crippen molar-refractivity contribution in [1.82, 2.24) is 15.0 Å². The van der Waals surface area contributed by atoms with Crippen molar-refractivity contribution in [2.24, 2.45) is 0 Å². The molecule has 0 saturated carbocycles. The first-order valence-electron chi connectivity index (χ1n) is 3.82. The summed E-state index contributed by atoms with van der Waals surface area (Å²) in [4.78, 5) is 12.5. The average Bonchev–Trinajstić information content (AvgIpc) is 2.07. The van der Waals surface area contributed by atoms with Crippen molar-refractivity contribution < 1.29 is 0 Å². The van der Waals surface area contributed by atoms with E-state index >= 15 is 0 Å². The Bertz CT molecular complexity index is 423. The number of hydrogen-bond acceptors (Lipinski definition) is 3. The maximum absolute atomic E-state index is 4.30. The van der Waals surface area contributed by atoms with Gasteiger partial charge in [0, 0.05) is 6.20 Å². The summed E-state index contributed by atoms with van der Waals surface area (Å²) in [6, 6.07) is 1.95. The van der Waals surface area contributed by atoms with E-state index in [1.54, 1.807) is 12.4 Å². The SMILES string of the molecule is Cc1ncc2nccc(C)c2n1. The molecule has 2 aromatic rings. The summed E-state index contributed by atoms with van der Waals surface area (Å²) >= 11 is 0. The van der Waals surface area contributed by atoms with Gasteiger partial charge in [-0.1, -0.05) is 0 Å². The Morgan fingerprint density at radius 3 is 2.83 bits per heavy atom. The summed E-state index contributed by atoms with van der Waals surface area (Å²) in [5.74, 6) is 0.790. The molecule has 0 aliphatic carbocycles. The van der Waals surface area contributed by atoms with E-state index in [-0.39, 0.29) is 0 Å². The van der Waals surface area contributed by atoms with Crippen LogP contribution in [0, 0.1) is 13.8 Å². The molecule has 2 heterocycles. The number of rotatable bonds is 0. The standard InChI is InChI=1S/C9H9N3/c1-6-3-4-10-8-5-11-7(2)12-9(6)8/h3-5H,1-2H3. The first-order chi connectivity index (χ1) is 5.77. The first kappa shape index (κ1) is 7.16. The molecule has 0 unspecified atom stereocenters. The highest BCUT2D eigenvalue weighted by molar-refractivity contribution is 5.76. The van der Waals surface area contributed by atoms with Gasteiger partial charge in [-0.05, 0) is 25.5 Å². The predicted octanol–water partition coefficient (Wildman–Crippen LogP) is 1.64. The first-order valence-corrected chi connectivity index (χ1v) is 3.82. The fourth-order valence-corrected chi connectivity index (χ4v) is 1.16. The molecule has 0 aliphatic heterocycles. The second-order valence-corrected chi connectivity index (χ2v) is 2.78. The number of aryl methyl sites for hydroxylation is 2. The van der Waals surface area contributed by atoms with Crippen molar-refractivity contribution in [3.8, 4) is 0 Å². The molecular formula is C9H9N3. The van der Waals surface area contributed by atoms with Crippen LogP contribution in [0.1, 0.15) is 11.4 Å². The molecule has 0 atom stereocenters. The van der Waals surface area contributed by atoms with Crippen LogP contribution in [0.3, 0.4) is 0 Å². The molecule has 0 N–H and O–H groups in total. The van der Waals surface area contributed by atoms with Crippen molar-refractivity contribution in [3.05, 3.63) is 29.8 Å². The summed E-state index contributed by atoms with van der Waals surface area (Å²) in [5.41, 5.74) is 2.95. The van der Waals surface area contributed by atoms with E-state index in [1.807, 2.05) is 19.9 Å². The van der Waals surface area contributed by atoms with Gasteiger partial charge in [-0.3, -0.25) is 4.98 Å². The lowest BCUT2D eigenvalue weighted by Crippen LogP contribution is -1.91. The Kier molecular flexibility index (Phi) is 1.50. The fraction of sp³-hybridized carbons (Fsp3) is 0.222. The zero-order valence-corrected chi connectivity index (χ0v) is 7.07. The molecule has 0 fully saturated rings. The summed E-state index contributed by atoms with van der Waals surface area (Å²) in [7, 11) is 0. The molecule has 3 heteroatoms. The Balaban J connectivity index is 2.88. The van der Waals surface area contributed by atoms with Gasteiger partial charge >= 0.3 is 0 Å². The largest absolute Gasteiger partial charge is 0.253 e. The van der Waals surface area contributed by atoms with Crippen molar-refractivity contribution in [3.63, 3.8) is 0 Å². The van der Waals surface area contributed by atoms with Crippen molar-refractivity contribution in [1.29, 1.82) is 0 Å². The summed E-state index contributed by atoms with van der Waals surface area (Å²) in [6.07, 6.45) is 3.53. The Morgan fingerprint density at radius 2 is 2.00 bits per heavy atom. The van der Waals surface area contributed by atoms with E-state index < -0.39 is 0 Å². The van der Waals surface area contributed by atoms with Gasteiger partial charge in [-0.25, -0.2) is 9.97 Å². The quantitative estimate of drug-likeness (QED) is 0.586. The highest BCUT2D eigenvalue weighted by Gasteiger charge is 1.99. The van der Waals surface area contributed by atoms with Crippen LogP contribution in [0.15, 0.2) is 18.5 Å². The van der Waals surface area contributed by atoms with E-state index in [0.29, 0.717) is 0 Å². The van der Waals surface area contributed by atoms with Crippen LogP contribution in [-0.4, -0.2) is 15.0 Å². The molecule has 2 rings (SSSR count). The minimum atomic E-state index is 0.790. The molecule has 0 aromatic carbocycles. The zero-order valence-electron chi connectivity index (χ0n) is 7.07. The number of fused-ring (bicyclic) bond motifs is 1. The molecular weight excluding hydrogens is 150 g/mol. The smallest absolute Gasteiger partial charge is 0.126 e. The topological polar surface area (TPSA) is 38.7 Å². The van der Waals surface area contributed by atoms with Crippen LogP contribution in [-0.2, 0) is 0 Å². The average molecular weight is 159 g/mol. The molecule has 0 radical (unpaired) electrons. The maximum atomic E-state index is 4.30. The zero-order chi connectivity index (χ0) is 8.55. The number of aromatic nitrogens is 3. The Labute approximate surface area is 70.5 Å². The van der Waals surface area contributed by atoms with E-state index in [0.717, 1.165) is 22.4 Å². The lowest BCUT2D eigenvalue weighted by molar-refractivity contribution is 1.08. The van der Waals surface area contributed by atoms with Crippen LogP contribution in [0.25, 0.3) is 11.0 Å². The second-order valence-electron chi connectivity index (χ2n) is 2.78. The minimum Gasteiger partial charge on any atom is -0.253 e. The number of nitrogens with zero attached hydrogens (tertiary/aromatic N) is 3. The molecule has 0 spiro atoms. The highest BCUT2D eigenvalue weighted by atomic mass is 14.9. The molecule has 0 bridgehead atoms. The fourth-order valence-electron chi connectivity index (χ4n) is 1.16. The third kappa shape index (κ3) is 1.03. The Morgan fingerprint density at radius 1 is 1.17 bits per heavy atom. The molecule has 12 heavy (non-hydrogen) atoms. The highest BCUT2D eigenvalue weighted by Crippen LogP contribution is 2.11. The Hall–Kier alpha value is -1.51. The molecule has 0 aliphatic rings. The van der Waals surface area contributed by atoms with Gasteiger partial charge in [0.15, 0.2) is 0 Å². The maximum Gasteiger partial charge on any atom is 0.126 e. The third-order valence-electron chi connectivity index (χ3n) is 1.80. The molecule has 2 aromatic heterocycles. The van der Waals surface area contributed by atoms with Crippen LogP contribution < -0.4 is 0 Å². The number of hydrogen-bond donors (Lipinski definition) is 0.